The van der Waals surface area contributed by atoms with E-state index >= 15 is 0 Å². The van der Waals surface area contributed by atoms with Crippen molar-refractivity contribution in [3.63, 3.8) is 0 Å². The summed E-state index contributed by atoms with van der Waals surface area (Å²) in [6.45, 7) is 3.05. The third-order valence-electron chi connectivity index (χ3n) is 2.17. The van der Waals surface area contributed by atoms with E-state index in [-0.39, 0.29) is 0 Å². The topological polar surface area (TPSA) is 27.1 Å². The van der Waals surface area contributed by atoms with Crippen LogP contribution in [0, 0.1) is 0 Å². The van der Waals surface area contributed by atoms with Crippen LogP contribution in [0.4, 0.5) is 0 Å². The van der Waals surface area contributed by atoms with E-state index in [9.17, 15) is 0 Å². The van der Waals surface area contributed by atoms with Gasteiger partial charge in [-0.15, -0.1) is 0 Å². The van der Waals surface area contributed by atoms with Crippen LogP contribution in [0.2, 0.25) is 0 Å². The SMILES string of the molecule is CCn1cnc2cc(OC)ccc21. The van der Waals surface area contributed by atoms with Gasteiger partial charge in [-0.05, 0) is 19.1 Å². The van der Waals surface area contributed by atoms with E-state index in [4.69, 9.17) is 4.74 Å². The van der Waals surface area contributed by atoms with Crippen LogP contribution >= 0.6 is 0 Å². The molecule has 0 amide bonds. The Morgan fingerprint density at radius 2 is 2.31 bits per heavy atom. The molecule has 0 saturated carbocycles. The third kappa shape index (κ3) is 1.26. The first kappa shape index (κ1) is 8.10. The van der Waals surface area contributed by atoms with Gasteiger partial charge < -0.3 is 9.30 Å². The summed E-state index contributed by atoms with van der Waals surface area (Å²) in [5.74, 6) is 0.855. The highest BCUT2D eigenvalue weighted by atomic mass is 16.5. The van der Waals surface area contributed by atoms with Crippen molar-refractivity contribution in [3.05, 3.63) is 24.5 Å². The molecule has 1 aromatic heterocycles. The lowest BCUT2D eigenvalue weighted by molar-refractivity contribution is 0.415. The summed E-state index contributed by atoms with van der Waals surface area (Å²) in [5, 5.41) is 0. The van der Waals surface area contributed by atoms with E-state index in [0.717, 1.165) is 23.3 Å². The molecule has 3 heteroatoms. The molecule has 1 heterocycles. The van der Waals surface area contributed by atoms with E-state index in [2.05, 4.69) is 16.5 Å². The van der Waals surface area contributed by atoms with Crippen molar-refractivity contribution in [3.8, 4) is 5.75 Å². The minimum atomic E-state index is 0.855. The molecule has 0 aliphatic heterocycles. The Labute approximate surface area is 77.0 Å². The van der Waals surface area contributed by atoms with Gasteiger partial charge in [-0.1, -0.05) is 0 Å². The number of ether oxygens (including phenoxy) is 1. The van der Waals surface area contributed by atoms with Crippen LogP contribution < -0.4 is 4.74 Å². The molecule has 0 fully saturated rings. The fourth-order valence-corrected chi connectivity index (χ4v) is 1.42. The van der Waals surface area contributed by atoms with Gasteiger partial charge in [0.1, 0.15) is 5.75 Å². The van der Waals surface area contributed by atoms with Gasteiger partial charge in [-0.2, -0.15) is 0 Å². The van der Waals surface area contributed by atoms with E-state index in [1.54, 1.807) is 7.11 Å². The number of hydrogen-bond donors (Lipinski definition) is 0. The molecule has 1 aromatic carbocycles. The highest BCUT2D eigenvalue weighted by molar-refractivity contribution is 5.76. The Hall–Kier alpha value is -1.51. The maximum atomic E-state index is 5.12. The summed E-state index contributed by atoms with van der Waals surface area (Å²) < 4.78 is 7.22. The second kappa shape index (κ2) is 3.09. The number of methoxy groups -OCH3 is 1. The van der Waals surface area contributed by atoms with Crippen LogP contribution in [-0.2, 0) is 6.54 Å². The molecule has 2 aromatic rings. The first-order chi connectivity index (χ1) is 6.35. The molecule has 0 aliphatic carbocycles. The molecular formula is C10H12N2O. The standard InChI is InChI=1S/C10H12N2O/c1-3-12-7-11-9-6-8(13-2)4-5-10(9)12/h4-7H,3H2,1-2H3. The molecule has 68 valence electrons. The lowest BCUT2D eigenvalue weighted by Crippen LogP contribution is -1.90. The van der Waals surface area contributed by atoms with E-state index in [0.29, 0.717) is 0 Å². The molecule has 0 bridgehead atoms. The van der Waals surface area contributed by atoms with Gasteiger partial charge in [0.15, 0.2) is 0 Å². The van der Waals surface area contributed by atoms with E-state index in [1.807, 2.05) is 24.5 Å². The van der Waals surface area contributed by atoms with Gasteiger partial charge in [-0.3, -0.25) is 0 Å². The molecule has 0 spiro atoms. The Morgan fingerprint density at radius 1 is 1.46 bits per heavy atom. The Balaban J connectivity index is 2.61. The normalized spacial score (nSPS) is 10.6. The predicted octanol–water partition coefficient (Wildman–Crippen LogP) is 2.06. The number of aromatic nitrogens is 2. The first-order valence-electron chi connectivity index (χ1n) is 4.34. The summed E-state index contributed by atoms with van der Waals surface area (Å²) >= 11 is 0. The van der Waals surface area contributed by atoms with Crippen LogP contribution in [0.25, 0.3) is 11.0 Å². The lowest BCUT2D eigenvalue weighted by atomic mass is 10.3. The summed E-state index contributed by atoms with van der Waals surface area (Å²) in [7, 11) is 1.66. The average Bonchev–Trinajstić information content (AvgIpc) is 2.59. The minimum absolute atomic E-state index is 0.855. The van der Waals surface area contributed by atoms with Crippen molar-refractivity contribution in [1.82, 2.24) is 9.55 Å². The van der Waals surface area contributed by atoms with Crippen molar-refractivity contribution in [2.45, 2.75) is 13.5 Å². The van der Waals surface area contributed by atoms with Gasteiger partial charge in [0.25, 0.3) is 0 Å². The molecule has 0 unspecified atom stereocenters. The Bertz CT molecular complexity index is 420. The smallest absolute Gasteiger partial charge is 0.121 e. The maximum absolute atomic E-state index is 5.12. The second-order valence-corrected chi connectivity index (χ2v) is 2.89. The van der Waals surface area contributed by atoms with Gasteiger partial charge in [0, 0.05) is 12.6 Å². The zero-order valence-corrected chi connectivity index (χ0v) is 7.82. The van der Waals surface area contributed by atoms with Crippen molar-refractivity contribution < 1.29 is 4.74 Å². The molecule has 0 N–H and O–H groups in total. The largest absolute Gasteiger partial charge is 0.497 e. The van der Waals surface area contributed by atoms with Crippen molar-refractivity contribution in [2.75, 3.05) is 7.11 Å². The lowest BCUT2D eigenvalue weighted by Gasteiger charge is -2.00. The average molecular weight is 176 g/mol. The molecule has 2 rings (SSSR count). The second-order valence-electron chi connectivity index (χ2n) is 2.89. The molecular weight excluding hydrogens is 164 g/mol. The molecule has 0 aliphatic rings. The molecule has 13 heavy (non-hydrogen) atoms. The van der Waals surface area contributed by atoms with Crippen LogP contribution in [-0.4, -0.2) is 16.7 Å². The van der Waals surface area contributed by atoms with Crippen molar-refractivity contribution in [2.24, 2.45) is 0 Å². The minimum Gasteiger partial charge on any atom is -0.497 e. The van der Waals surface area contributed by atoms with E-state index in [1.165, 1.54) is 0 Å². The van der Waals surface area contributed by atoms with Gasteiger partial charge in [0.05, 0.1) is 24.5 Å². The van der Waals surface area contributed by atoms with Gasteiger partial charge in [-0.25, -0.2) is 4.98 Å². The van der Waals surface area contributed by atoms with Gasteiger partial charge >= 0.3 is 0 Å². The number of rotatable bonds is 2. The monoisotopic (exact) mass is 176 g/mol. The number of hydrogen-bond acceptors (Lipinski definition) is 2. The summed E-state index contributed by atoms with van der Waals surface area (Å²) in [6.07, 6.45) is 1.85. The van der Waals surface area contributed by atoms with Crippen LogP contribution in [0.5, 0.6) is 5.75 Å². The summed E-state index contributed by atoms with van der Waals surface area (Å²) in [6, 6.07) is 5.93. The number of benzene rings is 1. The Kier molecular flexibility index (Phi) is 1.93. The zero-order chi connectivity index (χ0) is 9.26. The fourth-order valence-electron chi connectivity index (χ4n) is 1.42. The molecule has 0 saturated heterocycles. The van der Waals surface area contributed by atoms with Crippen molar-refractivity contribution >= 4 is 11.0 Å². The van der Waals surface area contributed by atoms with Crippen molar-refractivity contribution in [1.29, 1.82) is 0 Å². The number of aryl methyl sites for hydroxylation is 1. The zero-order valence-electron chi connectivity index (χ0n) is 7.82. The van der Waals surface area contributed by atoms with E-state index < -0.39 is 0 Å². The highest BCUT2D eigenvalue weighted by Crippen LogP contribution is 2.19. The number of fused-ring (bicyclic) bond motifs is 1. The van der Waals surface area contributed by atoms with Gasteiger partial charge in [0.2, 0.25) is 0 Å². The Morgan fingerprint density at radius 3 is 3.00 bits per heavy atom. The summed E-state index contributed by atoms with van der Waals surface area (Å²) in [4.78, 5) is 4.28. The molecule has 0 atom stereocenters. The van der Waals surface area contributed by atoms with Crippen LogP contribution in [0.1, 0.15) is 6.92 Å². The molecule has 0 radical (unpaired) electrons. The van der Waals surface area contributed by atoms with Crippen LogP contribution in [0.15, 0.2) is 24.5 Å². The number of nitrogens with zero attached hydrogens (tertiary/aromatic N) is 2. The summed E-state index contributed by atoms with van der Waals surface area (Å²) in [5.41, 5.74) is 2.14. The van der Waals surface area contributed by atoms with Crippen LogP contribution in [0.3, 0.4) is 0 Å². The quantitative estimate of drug-likeness (QED) is 0.700. The first-order valence-corrected chi connectivity index (χ1v) is 4.34. The maximum Gasteiger partial charge on any atom is 0.121 e. The third-order valence-corrected chi connectivity index (χ3v) is 2.17. The fraction of sp³-hybridized carbons (Fsp3) is 0.300. The highest BCUT2D eigenvalue weighted by Gasteiger charge is 2.01. The predicted molar refractivity (Wildman–Crippen MR) is 52.0 cm³/mol. The molecule has 3 nitrogen and oxygen atoms in total. The number of imidazole rings is 1.